The van der Waals surface area contributed by atoms with E-state index in [4.69, 9.17) is 4.74 Å². The molecule has 0 aromatic heterocycles. The summed E-state index contributed by atoms with van der Waals surface area (Å²) in [5.74, 6) is 0.377. The van der Waals surface area contributed by atoms with E-state index in [-0.39, 0.29) is 29.1 Å². The highest BCUT2D eigenvalue weighted by atomic mass is 32.2. The summed E-state index contributed by atoms with van der Waals surface area (Å²) in [6.45, 7) is 0.284. The zero-order chi connectivity index (χ0) is 20.3. The fraction of sp³-hybridized carbons (Fsp3) is 0.278. The van der Waals surface area contributed by atoms with Crippen molar-refractivity contribution in [3.63, 3.8) is 0 Å². The van der Waals surface area contributed by atoms with E-state index in [9.17, 15) is 23.3 Å². The van der Waals surface area contributed by atoms with Crippen LogP contribution >= 0.6 is 0 Å². The van der Waals surface area contributed by atoms with E-state index in [0.717, 1.165) is 23.6 Å². The summed E-state index contributed by atoms with van der Waals surface area (Å²) in [6, 6.07) is 10.7. The third-order valence-corrected chi connectivity index (χ3v) is 5.44. The van der Waals surface area contributed by atoms with Gasteiger partial charge in [0.15, 0.2) is 9.84 Å². The lowest BCUT2D eigenvalue weighted by Crippen LogP contribution is -2.35. The van der Waals surface area contributed by atoms with E-state index in [1.54, 1.807) is 0 Å². The molecule has 3 rings (SSSR count). The molecule has 1 atom stereocenters. The minimum absolute atomic E-state index is 0.0694. The number of ether oxygens (including phenoxy) is 1. The number of nitrogens with zero attached hydrogens (tertiary/aromatic N) is 1. The van der Waals surface area contributed by atoms with Gasteiger partial charge < -0.3 is 15.4 Å². The van der Waals surface area contributed by atoms with Gasteiger partial charge in [-0.1, -0.05) is 18.2 Å². The number of rotatable bonds is 6. The van der Waals surface area contributed by atoms with Gasteiger partial charge in [0.2, 0.25) is 5.91 Å². The molecule has 0 spiro atoms. The summed E-state index contributed by atoms with van der Waals surface area (Å²) in [5, 5.41) is 16.8. The number of nitrogens with one attached hydrogen (secondary N) is 2. The van der Waals surface area contributed by atoms with E-state index in [1.807, 2.05) is 24.3 Å². The molecule has 0 bridgehead atoms. The Bertz CT molecular complexity index is 1020. The minimum atomic E-state index is -3.58. The molecule has 0 saturated heterocycles. The predicted octanol–water partition coefficient (Wildman–Crippen LogP) is 2.05. The maximum Gasteiger partial charge on any atom is 0.293 e. The van der Waals surface area contributed by atoms with Crippen molar-refractivity contribution in [1.29, 1.82) is 0 Å². The minimum Gasteiger partial charge on any atom is -0.493 e. The lowest BCUT2D eigenvalue weighted by atomic mass is 10.0. The Hall–Kier alpha value is -3.14. The number of nitro benzene ring substituents is 1. The lowest BCUT2D eigenvalue weighted by molar-refractivity contribution is -0.384. The van der Waals surface area contributed by atoms with Crippen LogP contribution in [0.2, 0.25) is 0 Å². The molecule has 0 fully saturated rings. The molecule has 1 heterocycles. The van der Waals surface area contributed by atoms with Gasteiger partial charge in [-0.3, -0.25) is 14.9 Å². The monoisotopic (exact) mass is 405 g/mol. The van der Waals surface area contributed by atoms with Crippen LogP contribution in [0.1, 0.15) is 18.0 Å². The van der Waals surface area contributed by atoms with Crippen molar-refractivity contribution >= 4 is 27.1 Å². The SMILES string of the molecule is CS(=O)(=O)c1ccc(NCC(=O)N[C@H]2CCOc3ccccc32)c([N+](=O)[O-])c1. The first-order valence-corrected chi connectivity index (χ1v) is 10.4. The Kier molecular flexibility index (Phi) is 5.50. The standard InChI is InChI=1S/C18H19N3O6S/c1-28(25,26)12-6-7-15(16(10-12)21(23)24)19-11-18(22)20-14-8-9-27-17-5-3-2-4-13(14)17/h2-7,10,14,19H,8-9,11H2,1H3,(H,20,22)/t14-/m0/s1. The van der Waals surface area contributed by atoms with Crippen LogP contribution in [-0.4, -0.2) is 38.7 Å². The molecule has 0 aliphatic carbocycles. The second-order valence-electron chi connectivity index (χ2n) is 6.36. The molecular formula is C18H19N3O6S. The molecule has 2 aromatic carbocycles. The number of sulfone groups is 1. The Labute approximate surface area is 161 Å². The topological polar surface area (TPSA) is 128 Å². The van der Waals surface area contributed by atoms with Crippen LogP contribution in [0.4, 0.5) is 11.4 Å². The highest BCUT2D eigenvalue weighted by Crippen LogP contribution is 2.31. The molecule has 1 aliphatic rings. The first-order chi connectivity index (χ1) is 13.3. The summed E-state index contributed by atoms with van der Waals surface area (Å²) in [7, 11) is -3.58. The first kappa shape index (κ1) is 19.6. The maximum atomic E-state index is 12.3. The normalized spacial score (nSPS) is 15.8. The third kappa shape index (κ3) is 4.39. The Morgan fingerprint density at radius 1 is 1.29 bits per heavy atom. The van der Waals surface area contributed by atoms with Crippen molar-refractivity contribution < 1.29 is 22.9 Å². The molecule has 148 valence electrons. The quantitative estimate of drug-likeness (QED) is 0.556. The van der Waals surface area contributed by atoms with Crippen molar-refractivity contribution in [2.24, 2.45) is 0 Å². The van der Waals surface area contributed by atoms with Gasteiger partial charge in [-0.15, -0.1) is 0 Å². The Morgan fingerprint density at radius 3 is 2.75 bits per heavy atom. The van der Waals surface area contributed by atoms with Crippen molar-refractivity contribution in [2.45, 2.75) is 17.4 Å². The summed E-state index contributed by atoms with van der Waals surface area (Å²) >= 11 is 0. The molecule has 2 N–H and O–H groups in total. The van der Waals surface area contributed by atoms with Crippen molar-refractivity contribution in [3.05, 3.63) is 58.1 Å². The number of hydrogen-bond donors (Lipinski definition) is 2. The number of nitro groups is 1. The van der Waals surface area contributed by atoms with E-state index in [1.165, 1.54) is 12.1 Å². The fourth-order valence-electron chi connectivity index (χ4n) is 2.96. The Balaban J connectivity index is 1.69. The van der Waals surface area contributed by atoms with Crippen molar-refractivity contribution in [2.75, 3.05) is 24.7 Å². The largest absolute Gasteiger partial charge is 0.493 e. The van der Waals surface area contributed by atoms with Gasteiger partial charge in [0.25, 0.3) is 5.69 Å². The molecule has 10 heteroatoms. The van der Waals surface area contributed by atoms with Gasteiger partial charge in [-0.25, -0.2) is 8.42 Å². The second-order valence-corrected chi connectivity index (χ2v) is 8.37. The van der Waals surface area contributed by atoms with Crippen molar-refractivity contribution in [3.8, 4) is 5.75 Å². The van der Waals surface area contributed by atoms with Crippen LogP contribution in [0, 0.1) is 10.1 Å². The summed E-state index contributed by atoms with van der Waals surface area (Å²) < 4.78 is 28.7. The number of benzene rings is 2. The number of fused-ring (bicyclic) bond motifs is 1. The molecule has 0 saturated carbocycles. The van der Waals surface area contributed by atoms with Crippen LogP contribution in [0.5, 0.6) is 5.75 Å². The molecule has 1 aliphatic heterocycles. The average Bonchev–Trinajstić information content (AvgIpc) is 2.65. The highest BCUT2D eigenvalue weighted by molar-refractivity contribution is 7.90. The second kappa shape index (κ2) is 7.85. The average molecular weight is 405 g/mol. The van der Waals surface area contributed by atoms with Crippen LogP contribution in [0.15, 0.2) is 47.4 Å². The van der Waals surface area contributed by atoms with Gasteiger partial charge in [0.1, 0.15) is 11.4 Å². The number of carbonyl (C=O) groups excluding carboxylic acids is 1. The van der Waals surface area contributed by atoms with Crippen LogP contribution in [0.3, 0.4) is 0 Å². The van der Waals surface area contributed by atoms with Crippen molar-refractivity contribution in [1.82, 2.24) is 5.32 Å². The van der Waals surface area contributed by atoms with Gasteiger partial charge in [-0.05, 0) is 18.2 Å². The molecular weight excluding hydrogens is 386 g/mol. The third-order valence-electron chi connectivity index (χ3n) is 4.33. The van der Waals surface area contributed by atoms with Gasteiger partial charge in [0.05, 0.1) is 29.0 Å². The zero-order valence-corrected chi connectivity index (χ0v) is 15.9. The molecule has 0 unspecified atom stereocenters. The summed E-state index contributed by atoms with van der Waals surface area (Å²) in [4.78, 5) is 22.7. The van der Waals surface area contributed by atoms with Crippen LogP contribution < -0.4 is 15.4 Å². The predicted molar refractivity (Wildman–Crippen MR) is 102 cm³/mol. The number of para-hydroxylation sites is 1. The lowest BCUT2D eigenvalue weighted by Gasteiger charge is -2.26. The van der Waals surface area contributed by atoms with E-state index < -0.39 is 20.4 Å². The Morgan fingerprint density at radius 2 is 2.04 bits per heavy atom. The molecule has 0 radical (unpaired) electrons. The van der Waals surface area contributed by atoms with Gasteiger partial charge in [-0.2, -0.15) is 0 Å². The molecule has 9 nitrogen and oxygen atoms in total. The van der Waals surface area contributed by atoms with Gasteiger partial charge >= 0.3 is 0 Å². The molecule has 2 aromatic rings. The number of carbonyl (C=O) groups is 1. The fourth-order valence-corrected chi connectivity index (χ4v) is 3.60. The highest BCUT2D eigenvalue weighted by Gasteiger charge is 2.23. The van der Waals surface area contributed by atoms with Crippen LogP contribution in [0.25, 0.3) is 0 Å². The molecule has 1 amide bonds. The molecule has 28 heavy (non-hydrogen) atoms. The number of amides is 1. The first-order valence-electron chi connectivity index (χ1n) is 8.49. The maximum absolute atomic E-state index is 12.3. The summed E-state index contributed by atoms with van der Waals surface area (Å²) in [5.41, 5.74) is 0.539. The summed E-state index contributed by atoms with van der Waals surface area (Å²) in [6.07, 6.45) is 1.59. The van der Waals surface area contributed by atoms with E-state index in [0.29, 0.717) is 13.0 Å². The number of anilines is 1. The van der Waals surface area contributed by atoms with E-state index in [2.05, 4.69) is 10.6 Å². The smallest absolute Gasteiger partial charge is 0.293 e. The van der Waals surface area contributed by atoms with Gasteiger partial charge in [0, 0.05) is 24.3 Å². The van der Waals surface area contributed by atoms with E-state index >= 15 is 0 Å². The van der Waals surface area contributed by atoms with Crippen LogP contribution in [-0.2, 0) is 14.6 Å². The number of hydrogen-bond acceptors (Lipinski definition) is 7. The zero-order valence-electron chi connectivity index (χ0n) is 15.0.